The second kappa shape index (κ2) is 7.98. The summed E-state index contributed by atoms with van der Waals surface area (Å²) < 4.78 is 0. The van der Waals surface area contributed by atoms with Crippen LogP contribution in [0.1, 0.15) is 11.3 Å². The summed E-state index contributed by atoms with van der Waals surface area (Å²) >= 11 is 3.56. The average Bonchev–Trinajstić information content (AvgIpc) is 2.63. The second-order valence-corrected chi connectivity index (χ2v) is 5.39. The molecular weight excluding hydrogens is 228 g/mol. The monoisotopic (exact) mass is 246 g/mol. The van der Waals surface area contributed by atoms with E-state index in [1.54, 1.807) is 11.3 Å². The highest BCUT2D eigenvalue weighted by molar-refractivity contribution is 7.99. The van der Waals surface area contributed by atoms with Gasteiger partial charge >= 0.3 is 0 Å². The van der Waals surface area contributed by atoms with Crippen LogP contribution in [0.2, 0.25) is 0 Å². The highest BCUT2D eigenvalue weighted by Crippen LogP contribution is 2.17. The normalized spacial score (nSPS) is 10.7. The summed E-state index contributed by atoms with van der Waals surface area (Å²) in [6.45, 7) is 2.16. The number of nitrogens with two attached hydrogens (primary N) is 1. The van der Waals surface area contributed by atoms with Crippen LogP contribution in [0.3, 0.4) is 0 Å². The summed E-state index contributed by atoms with van der Waals surface area (Å²) in [5.74, 6) is 2.13. The van der Waals surface area contributed by atoms with Gasteiger partial charge in [0, 0.05) is 36.0 Å². The maximum Gasteiger partial charge on any atom is 0.0468 e. The summed E-state index contributed by atoms with van der Waals surface area (Å²) in [6, 6.07) is 1.94. The Kier molecular flexibility index (Phi) is 6.83. The molecule has 0 unspecified atom stereocenters. The molecule has 1 aromatic rings. The van der Waals surface area contributed by atoms with Gasteiger partial charge in [-0.3, -0.25) is 0 Å². The lowest BCUT2D eigenvalue weighted by Crippen LogP contribution is -2.16. The number of rotatable bonds is 8. The molecule has 0 atom stereocenters. The van der Waals surface area contributed by atoms with Gasteiger partial charge in [-0.05, 0) is 23.6 Å². The van der Waals surface area contributed by atoms with E-state index in [-0.39, 0.29) is 0 Å². The molecule has 0 spiro atoms. The predicted octanol–water partition coefficient (Wildman–Crippen LogP) is 1.54. The van der Waals surface area contributed by atoms with Crippen LogP contribution in [0, 0.1) is 0 Å². The van der Waals surface area contributed by atoms with Gasteiger partial charge in [0.25, 0.3) is 0 Å². The Morgan fingerprint density at radius 1 is 1.47 bits per heavy atom. The molecule has 3 nitrogen and oxygen atoms in total. The first-order valence-electron chi connectivity index (χ1n) is 5.05. The maximum atomic E-state index is 8.58. The molecule has 4 N–H and O–H groups in total. The van der Waals surface area contributed by atoms with Gasteiger partial charge in [-0.1, -0.05) is 0 Å². The molecule has 0 fully saturated rings. The SMILES string of the molecule is Nc1ccsc1CNCCSCCCO. The minimum Gasteiger partial charge on any atom is -0.398 e. The van der Waals surface area contributed by atoms with Crippen molar-refractivity contribution in [2.75, 3.05) is 30.4 Å². The maximum absolute atomic E-state index is 8.58. The van der Waals surface area contributed by atoms with Gasteiger partial charge in [0.15, 0.2) is 0 Å². The van der Waals surface area contributed by atoms with E-state index in [1.165, 1.54) is 4.88 Å². The van der Waals surface area contributed by atoms with Crippen LogP contribution in [0.5, 0.6) is 0 Å². The van der Waals surface area contributed by atoms with E-state index in [2.05, 4.69) is 5.32 Å². The summed E-state index contributed by atoms with van der Waals surface area (Å²) in [5, 5.41) is 14.0. The van der Waals surface area contributed by atoms with Crippen LogP contribution < -0.4 is 11.1 Å². The lowest BCUT2D eigenvalue weighted by Gasteiger charge is -2.03. The molecule has 0 aliphatic rings. The lowest BCUT2D eigenvalue weighted by atomic mass is 10.4. The molecule has 0 saturated heterocycles. The number of hydrogen-bond acceptors (Lipinski definition) is 5. The molecule has 0 amide bonds. The fourth-order valence-corrected chi connectivity index (χ4v) is 2.70. The molecule has 1 rings (SSSR count). The topological polar surface area (TPSA) is 58.3 Å². The fourth-order valence-electron chi connectivity index (χ4n) is 1.11. The van der Waals surface area contributed by atoms with E-state index in [4.69, 9.17) is 10.8 Å². The zero-order valence-electron chi connectivity index (χ0n) is 8.74. The summed E-state index contributed by atoms with van der Waals surface area (Å²) in [6.07, 6.45) is 0.891. The molecule has 0 aliphatic carbocycles. The molecule has 1 heterocycles. The number of thiophene rings is 1. The molecule has 0 saturated carbocycles. The van der Waals surface area contributed by atoms with Gasteiger partial charge in [-0.15, -0.1) is 11.3 Å². The van der Waals surface area contributed by atoms with Gasteiger partial charge in [0.05, 0.1) is 0 Å². The molecule has 5 heteroatoms. The Bertz CT molecular complexity index is 266. The van der Waals surface area contributed by atoms with Crippen molar-refractivity contribution < 1.29 is 5.11 Å². The third kappa shape index (κ3) is 5.41. The van der Waals surface area contributed by atoms with E-state index in [1.807, 2.05) is 23.2 Å². The van der Waals surface area contributed by atoms with E-state index < -0.39 is 0 Å². The Labute approximate surface area is 99.1 Å². The lowest BCUT2D eigenvalue weighted by molar-refractivity contribution is 0.296. The fraction of sp³-hybridized carbons (Fsp3) is 0.600. The van der Waals surface area contributed by atoms with E-state index in [9.17, 15) is 0 Å². The Balaban J connectivity index is 1.96. The summed E-state index contributed by atoms with van der Waals surface area (Å²) in [4.78, 5) is 1.22. The van der Waals surface area contributed by atoms with Crippen LogP contribution in [-0.2, 0) is 6.54 Å². The Morgan fingerprint density at radius 3 is 3.00 bits per heavy atom. The van der Waals surface area contributed by atoms with Crippen molar-refractivity contribution in [3.05, 3.63) is 16.3 Å². The van der Waals surface area contributed by atoms with Crippen LogP contribution in [0.4, 0.5) is 5.69 Å². The first-order chi connectivity index (χ1) is 7.34. The van der Waals surface area contributed by atoms with Crippen LogP contribution >= 0.6 is 23.1 Å². The first-order valence-corrected chi connectivity index (χ1v) is 7.09. The number of anilines is 1. The highest BCUT2D eigenvalue weighted by Gasteiger charge is 1.98. The molecular formula is C10H18N2OS2. The van der Waals surface area contributed by atoms with Crippen molar-refractivity contribution >= 4 is 28.8 Å². The molecule has 0 radical (unpaired) electrons. The number of aliphatic hydroxyl groups excluding tert-OH is 1. The van der Waals surface area contributed by atoms with Gasteiger partial charge < -0.3 is 16.2 Å². The minimum absolute atomic E-state index is 0.298. The van der Waals surface area contributed by atoms with Gasteiger partial charge in [0.2, 0.25) is 0 Å². The van der Waals surface area contributed by atoms with Crippen LogP contribution in [0.15, 0.2) is 11.4 Å². The van der Waals surface area contributed by atoms with Gasteiger partial charge in [0.1, 0.15) is 0 Å². The largest absolute Gasteiger partial charge is 0.398 e. The highest BCUT2D eigenvalue weighted by atomic mass is 32.2. The zero-order valence-corrected chi connectivity index (χ0v) is 10.4. The molecule has 0 bridgehead atoms. The van der Waals surface area contributed by atoms with E-state index in [0.29, 0.717) is 6.61 Å². The first kappa shape index (κ1) is 12.8. The van der Waals surface area contributed by atoms with Gasteiger partial charge in [-0.25, -0.2) is 0 Å². The van der Waals surface area contributed by atoms with E-state index in [0.717, 1.165) is 36.7 Å². The smallest absolute Gasteiger partial charge is 0.0468 e. The quantitative estimate of drug-likeness (QED) is 0.609. The number of hydrogen-bond donors (Lipinski definition) is 3. The van der Waals surface area contributed by atoms with E-state index >= 15 is 0 Å². The Morgan fingerprint density at radius 2 is 2.33 bits per heavy atom. The van der Waals surface area contributed by atoms with Crippen molar-refractivity contribution in [3.8, 4) is 0 Å². The van der Waals surface area contributed by atoms with Crippen molar-refractivity contribution in [2.45, 2.75) is 13.0 Å². The molecule has 15 heavy (non-hydrogen) atoms. The number of aliphatic hydroxyl groups is 1. The van der Waals surface area contributed by atoms with Crippen LogP contribution in [-0.4, -0.2) is 29.8 Å². The van der Waals surface area contributed by atoms with Crippen LogP contribution in [0.25, 0.3) is 0 Å². The molecule has 1 aromatic heterocycles. The number of thioether (sulfide) groups is 1. The van der Waals surface area contributed by atoms with Gasteiger partial charge in [-0.2, -0.15) is 11.8 Å². The number of nitrogens with one attached hydrogen (secondary N) is 1. The van der Waals surface area contributed by atoms with Crippen molar-refractivity contribution in [3.63, 3.8) is 0 Å². The molecule has 86 valence electrons. The second-order valence-electron chi connectivity index (χ2n) is 3.17. The van der Waals surface area contributed by atoms with Crippen molar-refractivity contribution in [1.29, 1.82) is 0 Å². The average molecular weight is 246 g/mol. The zero-order chi connectivity index (χ0) is 10.9. The summed E-state index contributed by atoms with van der Waals surface area (Å²) in [5.41, 5.74) is 6.65. The molecule has 0 aliphatic heterocycles. The predicted molar refractivity (Wildman–Crippen MR) is 69.5 cm³/mol. The summed E-state index contributed by atoms with van der Waals surface area (Å²) in [7, 11) is 0. The molecule has 0 aromatic carbocycles. The third-order valence-electron chi connectivity index (χ3n) is 1.94. The third-order valence-corrected chi connectivity index (χ3v) is 3.94. The standard InChI is InChI=1S/C10H18N2OS2/c11-9-2-6-15-10(9)8-12-3-7-14-5-1-4-13/h2,6,12-13H,1,3-5,7-8,11H2. The Hall–Kier alpha value is -0.230. The minimum atomic E-state index is 0.298. The number of nitrogen functional groups attached to an aromatic ring is 1. The van der Waals surface area contributed by atoms with Crippen molar-refractivity contribution in [2.24, 2.45) is 0 Å². The van der Waals surface area contributed by atoms with Crippen molar-refractivity contribution in [1.82, 2.24) is 5.32 Å².